The lowest BCUT2D eigenvalue weighted by atomic mass is 10.1. The number of hydrogen-bond acceptors (Lipinski definition) is 1. The summed E-state index contributed by atoms with van der Waals surface area (Å²) in [5, 5.41) is 2.42. The van der Waals surface area contributed by atoms with Gasteiger partial charge in [-0.1, -0.05) is 86.0 Å². The lowest BCUT2D eigenvalue weighted by Crippen LogP contribution is -2.15. The average Bonchev–Trinajstić information content (AvgIpc) is 2.77. The maximum atomic E-state index is 4.10. The molecule has 3 aromatic carbocycles. The molecule has 0 heterocycles. The zero-order valence-electron chi connectivity index (χ0n) is 17.2. The Hall–Kier alpha value is -3.58. The number of benzene rings is 3. The molecule has 0 bridgehead atoms. The van der Waals surface area contributed by atoms with Crippen LogP contribution in [0.2, 0.25) is 0 Å². The summed E-state index contributed by atoms with van der Waals surface area (Å²) in [4.78, 5) is 2.26. The second-order valence-corrected chi connectivity index (χ2v) is 6.90. The van der Waals surface area contributed by atoms with Gasteiger partial charge in [-0.05, 0) is 60.7 Å². The molecule has 0 saturated carbocycles. The van der Waals surface area contributed by atoms with E-state index in [0.29, 0.717) is 0 Å². The Labute approximate surface area is 174 Å². The largest absolute Gasteiger partial charge is 0.310 e. The minimum atomic E-state index is 1.01. The van der Waals surface area contributed by atoms with Crippen LogP contribution < -0.4 is 4.90 Å². The third kappa shape index (κ3) is 4.64. The summed E-state index contributed by atoms with van der Waals surface area (Å²) in [5.74, 6) is 0. The summed E-state index contributed by atoms with van der Waals surface area (Å²) in [6, 6.07) is 25.3. The molecule has 3 rings (SSSR count). The average molecular weight is 378 g/mol. The summed E-state index contributed by atoms with van der Waals surface area (Å²) >= 11 is 0. The number of fused-ring (bicyclic) bond motifs is 1. The minimum Gasteiger partial charge on any atom is -0.310 e. The molecule has 0 aliphatic carbocycles. The fraction of sp³-hybridized carbons (Fsp3) is 0.0714. The third-order valence-corrected chi connectivity index (χ3v) is 4.98. The van der Waals surface area contributed by atoms with E-state index in [4.69, 9.17) is 0 Å². The molecule has 0 amide bonds. The van der Waals surface area contributed by atoms with Crippen molar-refractivity contribution < 1.29 is 0 Å². The zero-order valence-corrected chi connectivity index (χ0v) is 17.2. The predicted molar refractivity (Wildman–Crippen MR) is 129 cm³/mol. The molecule has 0 saturated heterocycles. The van der Waals surface area contributed by atoms with Crippen molar-refractivity contribution in [2.24, 2.45) is 0 Å². The van der Waals surface area contributed by atoms with Gasteiger partial charge in [0.2, 0.25) is 0 Å². The zero-order chi connectivity index (χ0) is 20.6. The number of anilines is 2. The highest BCUT2D eigenvalue weighted by Crippen LogP contribution is 2.35. The summed E-state index contributed by atoms with van der Waals surface area (Å²) < 4.78 is 0. The normalized spacial score (nSPS) is 12.7. The van der Waals surface area contributed by atoms with E-state index >= 15 is 0 Å². The van der Waals surface area contributed by atoms with Crippen molar-refractivity contribution in [3.05, 3.63) is 133 Å². The van der Waals surface area contributed by atoms with E-state index in [9.17, 15) is 0 Å². The molecule has 0 spiro atoms. The van der Waals surface area contributed by atoms with E-state index in [-0.39, 0.29) is 0 Å². The van der Waals surface area contributed by atoms with Crippen LogP contribution in [0.1, 0.15) is 13.8 Å². The molecule has 144 valence electrons. The van der Waals surface area contributed by atoms with Gasteiger partial charge < -0.3 is 4.90 Å². The van der Waals surface area contributed by atoms with Crippen LogP contribution >= 0.6 is 0 Å². The summed E-state index contributed by atoms with van der Waals surface area (Å²) in [6.07, 6.45) is 10.0. The fourth-order valence-corrected chi connectivity index (χ4v) is 3.29. The Morgan fingerprint density at radius 1 is 0.724 bits per heavy atom. The van der Waals surface area contributed by atoms with E-state index in [1.165, 1.54) is 21.9 Å². The van der Waals surface area contributed by atoms with Crippen molar-refractivity contribution in [2.45, 2.75) is 13.8 Å². The first-order valence-electron chi connectivity index (χ1n) is 9.79. The smallest absolute Gasteiger partial charge is 0.0540 e. The number of nitrogens with zero attached hydrogens (tertiary/aromatic N) is 1. The van der Waals surface area contributed by atoms with Crippen LogP contribution in [0, 0.1) is 0 Å². The van der Waals surface area contributed by atoms with Gasteiger partial charge in [-0.25, -0.2) is 0 Å². The first-order valence-corrected chi connectivity index (χ1v) is 9.79. The lowest BCUT2D eigenvalue weighted by Gasteiger charge is -2.27. The molecule has 1 heteroatoms. The molecule has 1 nitrogen and oxygen atoms in total. The van der Waals surface area contributed by atoms with Crippen molar-refractivity contribution >= 4 is 22.1 Å². The van der Waals surface area contributed by atoms with Crippen molar-refractivity contribution in [1.29, 1.82) is 0 Å². The van der Waals surface area contributed by atoms with Crippen LogP contribution in [-0.4, -0.2) is 0 Å². The van der Waals surface area contributed by atoms with Crippen LogP contribution in [-0.2, 0) is 0 Å². The Balaban J connectivity index is 2.19. The molecule has 0 unspecified atom stereocenters. The minimum absolute atomic E-state index is 1.01. The quantitative estimate of drug-likeness (QED) is 0.376. The molecule has 0 N–H and O–H groups in total. The summed E-state index contributed by atoms with van der Waals surface area (Å²) in [7, 11) is 0. The molecule has 0 aliphatic heterocycles. The first kappa shape index (κ1) is 20.2. The van der Waals surface area contributed by atoms with Crippen LogP contribution in [0.4, 0.5) is 11.4 Å². The molecular formula is C28H27N. The number of allylic oxidation sites excluding steroid dienone is 7. The molecular weight excluding hydrogens is 350 g/mol. The fourth-order valence-electron chi connectivity index (χ4n) is 3.29. The summed E-state index contributed by atoms with van der Waals surface area (Å²) in [5.41, 5.74) is 5.62. The van der Waals surface area contributed by atoms with E-state index in [1.54, 1.807) is 0 Å². The maximum absolute atomic E-state index is 4.10. The van der Waals surface area contributed by atoms with E-state index < -0.39 is 0 Å². The van der Waals surface area contributed by atoms with E-state index in [0.717, 1.165) is 17.1 Å². The molecule has 0 radical (unpaired) electrons. The molecule has 0 aromatic heterocycles. The maximum Gasteiger partial charge on any atom is 0.0540 e. The van der Waals surface area contributed by atoms with Crippen LogP contribution in [0.3, 0.4) is 0 Å². The van der Waals surface area contributed by atoms with E-state index in [1.807, 2.05) is 24.3 Å². The molecule has 0 fully saturated rings. The Morgan fingerprint density at radius 2 is 1.38 bits per heavy atom. The second-order valence-electron chi connectivity index (χ2n) is 6.90. The molecule has 0 atom stereocenters. The van der Waals surface area contributed by atoms with Crippen molar-refractivity contribution in [1.82, 2.24) is 0 Å². The van der Waals surface area contributed by atoms with Crippen LogP contribution in [0.5, 0.6) is 0 Å². The topological polar surface area (TPSA) is 3.24 Å². The monoisotopic (exact) mass is 377 g/mol. The van der Waals surface area contributed by atoms with Gasteiger partial charge in [0, 0.05) is 16.8 Å². The van der Waals surface area contributed by atoms with Gasteiger partial charge in [0.25, 0.3) is 0 Å². The highest BCUT2D eigenvalue weighted by Gasteiger charge is 2.14. The lowest BCUT2D eigenvalue weighted by molar-refractivity contribution is 1.22. The third-order valence-electron chi connectivity index (χ3n) is 4.98. The SMILES string of the molecule is C=C/C=C(C)/C(C)=C/C=C(\C=C)N(c1ccccc1)c1cccc2ccccc12. The number of para-hydroxylation sites is 1. The van der Waals surface area contributed by atoms with Gasteiger partial charge in [0.15, 0.2) is 0 Å². The van der Waals surface area contributed by atoms with Crippen molar-refractivity contribution in [3.8, 4) is 0 Å². The number of rotatable bonds is 7. The van der Waals surface area contributed by atoms with Crippen LogP contribution in [0.15, 0.2) is 133 Å². The molecule has 0 aliphatic rings. The van der Waals surface area contributed by atoms with Gasteiger partial charge in [0.1, 0.15) is 0 Å². The summed E-state index contributed by atoms with van der Waals surface area (Å²) in [6.45, 7) is 12.1. The highest BCUT2D eigenvalue weighted by molar-refractivity contribution is 5.97. The predicted octanol–water partition coefficient (Wildman–Crippen LogP) is 8.13. The van der Waals surface area contributed by atoms with Gasteiger partial charge in [0.05, 0.1) is 5.69 Å². The Morgan fingerprint density at radius 3 is 2.10 bits per heavy atom. The molecule has 3 aromatic rings. The standard InChI is InChI=1S/C28H27N/c1-5-13-22(3)23(4)20-21-25(6-2)29(26-16-8-7-9-17-26)28-19-12-15-24-14-10-11-18-27(24)28/h5-21H,1-2H2,3-4H3/b22-13+,23-20+,25-21+. The van der Waals surface area contributed by atoms with Crippen LogP contribution in [0.25, 0.3) is 10.8 Å². The number of hydrogen-bond donors (Lipinski definition) is 0. The Kier molecular flexibility index (Phi) is 6.65. The Bertz CT molecular complexity index is 1090. The second kappa shape index (κ2) is 9.57. The molecule has 29 heavy (non-hydrogen) atoms. The van der Waals surface area contributed by atoms with Gasteiger partial charge in [-0.15, -0.1) is 0 Å². The first-order chi connectivity index (χ1) is 14.2. The van der Waals surface area contributed by atoms with Gasteiger partial charge in [-0.3, -0.25) is 0 Å². The van der Waals surface area contributed by atoms with Crippen molar-refractivity contribution in [3.63, 3.8) is 0 Å². The highest BCUT2D eigenvalue weighted by atomic mass is 15.1. The van der Waals surface area contributed by atoms with E-state index in [2.05, 4.69) is 111 Å². The van der Waals surface area contributed by atoms with Gasteiger partial charge in [-0.2, -0.15) is 0 Å². The van der Waals surface area contributed by atoms with Crippen molar-refractivity contribution in [2.75, 3.05) is 4.90 Å². The van der Waals surface area contributed by atoms with Gasteiger partial charge >= 0.3 is 0 Å².